The van der Waals surface area contributed by atoms with E-state index in [1.165, 1.54) is 0 Å². The van der Waals surface area contributed by atoms with Gasteiger partial charge in [0.1, 0.15) is 0 Å². The molecule has 0 spiro atoms. The number of rotatable bonds is 7. The first-order valence-corrected chi connectivity index (χ1v) is 10.4. The molecule has 4 rings (SSSR count). The van der Waals surface area contributed by atoms with Gasteiger partial charge in [-0.05, 0) is 49.4 Å². The Kier molecular flexibility index (Phi) is 6.14. The van der Waals surface area contributed by atoms with E-state index in [0.717, 1.165) is 27.8 Å². The van der Waals surface area contributed by atoms with Gasteiger partial charge in [0.15, 0.2) is 0 Å². The van der Waals surface area contributed by atoms with Gasteiger partial charge in [0.2, 0.25) is 0 Å². The van der Waals surface area contributed by atoms with Gasteiger partial charge in [-0.1, -0.05) is 35.9 Å². The van der Waals surface area contributed by atoms with Crippen molar-refractivity contribution in [2.45, 2.75) is 12.5 Å². The fourth-order valence-corrected chi connectivity index (χ4v) is 3.50. The molecule has 0 aliphatic carbocycles. The molecule has 0 saturated heterocycles. The smallest absolute Gasteiger partial charge is 0.251 e. The number of hydrogen-bond donors (Lipinski definition) is 5. The van der Waals surface area contributed by atoms with Crippen LogP contribution in [0.15, 0.2) is 66.7 Å². The molecule has 0 atom stereocenters. The average molecular weight is 451 g/mol. The minimum absolute atomic E-state index is 0.372. The van der Waals surface area contributed by atoms with Crippen molar-refractivity contribution in [3.8, 4) is 11.3 Å². The number of hydrogen-bond acceptors (Lipinski definition) is 5. The van der Waals surface area contributed by atoms with Gasteiger partial charge in [-0.2, -0.15) is 5.10 Å². The lowest BCUT2D eigenvalue weighted by atomic mass is 10.0. The molecule has 32 heavy (non-hydrogen) atoms. The fourth-order valence-electron chi connectivity index (χ4n) is 3.32. The summed E-state index contributed by atoms with van der Waals surface area (Å²) in [6.07, 6.45) is 0. The molecule has 0 fully saturated rings. The summed E-state index contributed by atoms with van der Waals surface area (Å²) in [5.74, 6) is -0.386. The van der Waals surface area contributed by atoms with Crippen molar-refractivity contribution in [2.75, 3.05) is 18.5 Å². The third kappa shape index (κ3) is 4.45. The summed E-state index contributed by atoms with van der Waals surface area (Å²) in [5.41, 5.74) is 3.29. The normalized spacial score (nSPS) is 11.5. The van der Waals surface area contributed by atoms with Gasteiger partial charge in [-0.15, -0.1) is 0 Å². The second-order valence-electron chi connectivity index (χ2n) is 7.85. The van der Waals surface area contributed by atoms with Gasteiger partial charge in [0.25, 0.3) is 5.91 Å². The summed E-state index contributed by atoms with van der Waals surface area (Å²) >= 11 is 6.23. The maximum Gasteiger partial charge on any atom is 0.251 e. The van der Waals surface area contributed by atoms with Crippen molar-refractivity contribution < 1.29 is 15.0 Å². The number of H-pyrrole nitrogens is 1. The van der Waals surface area contributed by atoms with Crippen LogP contribution in [0.3, 0.4) is 0 Å². The van der Waals surface area contributed by atoms with E-state index in [9.17, 15) is 15.0 Å². The highest BCUT2D eigenvalue weighted by Crippen LogP contribution is 2.31. The molecule has 0 aliphatic heterocycles. The van der Waals surface area contributed by atoms with Crippen molar-refractivity contribution in [2.24, 2.45) is 0 Å². The minimum atomic E-state index is -1.10. The molecule has 8 heteroatoms. The molecule has 0 saturated carbocycles. The molecule has 5 N–H and O–H groups in total. The first kappa shape index (κ1) is 21.8. The summed E-state index contributed by atoms with van der Waals surface area (Å²) in [6.45, 7) is 0.831. The van der Waals surface area contributed by atoms with Crippen LogP contribution in [0.25, 0.3) is 22.2 Å². The number of anilines is 2. The van der Waals surface area contributed by atoms with Crippen LogP contribution in [0.4, 0.5) is 11.4 Å². The predicted molar refractivity (Wildman–Crippen MR) is 126 cm³/mol. The topological polar surface area (TPSA) is 110 Å². The number of para-hydroxylation sites is 1. The third-order valence-corrected chi connectivity index (χ3v) is 5.56. The van der Waals surface area contributed by atoms with E-state index in [-0.39, 0.29) is 19.1 Å². The zero-order valence-electron chi connectivity index (χ0n) is 17.4. The lowest BCUT2D eigenvalue weighted by molar-refractivity contribution is 0.0724. The van der Waals surface area contributed by atoms with Crippen LogP contribution in [0.1, 0.15) is 17.3 Å². The summed E-state index contributed by atoms with van der Waals surface area (Å²) in [6, 6.07) is 20.4. The van der Waals surface area contributed by atoms with Crippen molar-refractivity contribution >= 4 is 39.8 Å². The standard InChI is InChI=1S/C24H23ClN4O3/c1-24(13-30,14-31)27-23(32)16-6-4-5-15(11-16)22-18-10-9-17(12-21(18)28-29-22)26-20-8-3-2-7-19(20)25/h2-12,26,30-31H,13-14H2,1H3,(H,27,32)(H,28,29). The van der Waals surface area contributed by atoms with E-state index in [1.807, 2.05) is 48.5 Å². The number of nitrogens with zero attached hydrogens (tertiary/aromatic N) is 1. The van der Waals surface area contributed by atoms with E-state index in [4.69, 9.17) is 11.6 Å². The van der Waals surface area contributed by atoms with Crippen molar-refractivity contribution in [3.63, 3.8) is 0 Å². The van der Waals surface area contributed by atoms with Crippen LogP contribution < -0.4 is 10.6 Å². The van der Waals surface area contributed by atoms with Crippen LogP contribution in [0.2, 0.25) is 5.02 Å². The van der Waals surface area contributed by atoms with Crippen LogP contribution in [-0.4, -0.2) is 45.1 Å². The maximum atomic E-state index is 12.6. The maximum absolute atomic E-state index is 12.6. The van der Waals surface area contributed by atoms with Gasteiger partial charge < -0.3 is 20.8 Å². The number of halogens is 1. The number of carbonyl (C=O) groups excluding carboxylic acids is 1. The molecule has 4 aromatic rings. The van der Waals surface area contributed by atoms with E-state index < -0.39 is 5.54 Å². The highest BCUT2D eigenvalue weighted by atomic mass is 35.5. The van der Waals surface area contributed by atoms with Crippen molar-refractivity contribution in [1.82, 2.24) is 15.5 Å². The molecule has 164 valence electrons. The summed E-state index contributed by atoms with van der Waals surface area (Å²) in [4.78, 5) is 12.6. The third-order valence-electron chi connectivity index (χ3n) is 5.23. The quantitative estimate of drug-likeness (QED) is 0.291. The van der Waals surface area contributed by atoms with Gasteiger partial charge in [0.05, 0.1) is 40.7 Å². The molecule has 1 heterocycles. The zero-order chi connectivity index (χ0) is 22.7. The van der Waals surface area contributed by atoms with E-state index in [0.29, 0.717) is 16.3 Å². The molecular formula is C24H23ClN4O3. The van der Waals surface area contributed by atoms with E-state index in [1.54, 1.807) is 25.1 Å². The molecular weight excluding hydrogens is 428 g/mol. The minimum Gasteiger partial charge on any atom is -0.394 e. The van der Waals surface area contributed by atoms with E-state index >= 15 is 0 Å². The Morgan fingerprint density at radius 1 is 1.06 bits per heavy atom. The molecule has 1 amide bonds. The Balaban J connectivity index is 1.61. The number of fused-ring (bicyclic) bond motifs is 1. The summed E-state index contributed by atoms with van der Waals surface area (Å²) < 4.78 is 0. The molecule has 3 aromatic carbocycles. The lowest BCUT2D eigenvalue weighted by Crippen LogP contribution is -2.51. The SMILES string of the molecule is CC(CO)(CO)NC(=O)c1cccc(-c2n[nH]c3cc(Nc4ccccc4Cl)ccc23)c1. The highest BCUT2D eigenvalue weighted by molar-refractivity contribution is 6.33. The van der Waals surface area contributed by atoms with Gasteiger partial charge in [0, 0.05) is 22.2 Å². The predicted octanol–water partition coefficient (Wildman–Crippen LogP) is 4.10. The molecule has 0 aliphatic rings. The van der Waals surface area contributed by atoms with Crippen LogP contribution in [-0.2, 0) is 0 Å². The second kappa shape index (κ2) is 9.00. The van der Waals surface area contributed by atoms with Crippen LogP contribution in [0.5, 0.6) is 0 Å². The number of aromatic amines is 1. The lowest BCUT2D eigenvalue weighted by Gasteiger charge is -2.26. The Morgan fingerprint density at radius 3 is 2.59 bits per heavy atom. The van der Waals surface area contributed by atoms with Crippen LogP contribution >= 0.6 is 11.6 Å². The second-order valence-corrected chi connectivity index (χ2v) is 8.26. The molecule has 0 bridgehead atoms. The van der Waals surface area contributed by atoms with Crippen molar-refractivity contribution in [3.05, 3.63) is 77.3 Å². The number of amides is 1. The van der Waals surface area contributed by atoms with Crippen molar-refractivity contribution in [1.29, 1.82) is 0 Å². The van der Waals surface area contributed by atoms with Gasteiger partial charge in [-0.25, -0.2) is 0 Å². The Bertz CT molecular complexity index is 1270. The number of aromatic nitrogens is 2. The Morgan fingerprint density at radius 2 is 1.84 bits per heavy atom. The highest BCUT2D eigenvalue weighted by Gasteiger charge is 2.25. The molecule has 0 unspecified atom stereocenters. The number of carbonyl (C=O) groups is 1. The fraction of sp³-hybridized carbons (Fsp3) is 0.167. The zero-order valence-corrected chi connectivity index (χ0v) is 18.1. The Hall–Kier alpha value is -3.39. The summed E-state index contributed by atoms with van der Waals surface area (Å²) in [7, 11) is 0. The van der Waals surface area contributed by atoms with Crippen LogP contribution in [0, 0.1) is 0 Å². The number of aliphatic hydroxyl groups is 2. The largest absolute Gasteiger partial charge is 0.394 e. The molecule has 1 aromatic heterocycles. The van der Waals surface area contributed by atoms with E-state index in [2.05, 4.69) is 20.8 Å². The first-order chi connectivity index (χ1) is 15.4. The molecule has 7 nitrogen and oxygen atoms in total. The monoisotopic (exact) mass is 450 g/mol. The first-order valence-electron chi connectivity index (χ1n) is 10.1. The van der Waals surface area contributed by atoms with Gasteiger partial charge >= 0.3 is 0 Å². The number of benzene rings is 3. The molecule has 0 radical (unpaired) electrons. The van der Waals surface area contributed by atoms with Gasteiger partial charge in [-0.3, -0.25) is 9.89 Å². The Labute approximate surface area is 190 Å². The average Bonchev–Trinajstić information content (AvgIpc) is 3.24. The number of aliphatic hydroxyl groups excluding tert-OH is 2. The number of nitrogens with one attached hydrogen (secondary N) is 3. The summed E-state index contributed by atoms with van der Waals surface area (Å²) in [5, 5.41) is 33.9.